The molecule has 0 radical (unpaired) electrons. The zero-order valence-electron chi connectivity index (χ0n) is 9.55. The average molecular weight is 260 g/mol. The van der Waals surface area contributed by atoms with E-state index in [2.05, 4.69) is 24.8 Å². The lowest BCUT2D eigenvalue weighted by Gasteiger charge is -2.02. The minimum Gasteiger partial charge on any atom is -0.265 e. The van der Waals surface area contributed by atoms with Gasteiger partial charge in [0.05, 0.1) is 11.1 Å². The molecule has 7 heteroatoms. The molecular weight excluding hydrogens is 252 g/mol. The molecule has 0 unspecified atom stereocenters. The van der Waals surface area contributed by atoms with Gasteiger partial charge in [-0.2, -0.15) is 0 Å². The highest BCUT2D eigenvalue weighted by molar-refractivity contribution is 5.89. The number of nitrogens with zero attached hydrogens (tertiary/aromatic N) is 2. The molecule has 2 rings (SSSR count). The summed E-state index contributed by atoms with van der Waals surface area (Å²) < 4.78 is 0. The summed E-state index contributed by atoms with van der Waals surface area (Å²) in [6.07, 6.45) is 5.66. The highest BCUT2D eigenvalue weighted by atomic mass is 17.5. The van der Waals surface area contributed by atoms with Crippen molar-refractivity contribution in [2.24, 2.45) is 0 Å². The Hall–Kier alpha value is -2.80. The van der Waals surface area contributed by atoms with Gasteiger partial charge in [0.2, 0.25) is 0 Å². The number of hydrogen-bond acceptors (Lipinski definition) is 7. The molecule has 96 valence electrons. The first-order valence-electron chi connectivity index (χ1n) is 5.17. The molecular formula is C12H8N2O5. The van der Waals surface area contributed by atoms with Gasteiger partial charge in [-0.1, -0.05) is 0 Å². The van der Waals surface area contributed by atoms with Crippen LogP contribution in [-0.4, -0.2) is 21.9 Å². The lowest BCUT2D eigenvalue weighted by atomic mass is 10.3. The Morgan fingerprint density at radius 3 is 1.47 bits per heavy atom. The van der Waals surface area contributed by atoms with Gasteiger partial charge in [0.15, 0.2) is 0 Å². The van der Waals surface area contributed by atoms with Crippen molar-refractivity contribution in [2.45, 2.75) is 0 Å². The third-order valence-electron chi connectivity index (χ3n) is 2.05. The fourth-order valence-electron chi connectivity index (χ4n) is 1.15. The maximum atomic E-state index is 11.4. The lowest BCUT2D eigenvalue weighted by Crippen LogP contribution is -2.11. The van der Waals surface area contributed by atoms with Crippen molar-refractivity contribution in [3.05, 3.63) is 60.2 Å². The van der Waals surface area contributed by atoms with Gasteiger partial charge in [-0.15, -0.1) is 0 Å². The van der Waals surface area contributed by atoms with E-state index in [1.54, 1.807) is 0 Å². The highest BCUT2D eigenvalue weighted by Crippen LogP contribution is 2.03. The summed E-state index contributed by atoms with van der Waals surface area (Å²) in [5.41, 5.74) is 0.435. The van der Waals surface area contributed by atoms with Crippen molar-refractivity contribution in [1.82, 2.24) is 9.97 Å². The molecule has 0 aliphatic heterocycles. The van der Waals surface area contributed by atoms with Crippen LogP contribution in [0.25, 0.3) is 0 Å². The second kappa shape index (κ2) is 6.22. The summed E-state index contributed by atoms with van der Waals surface area (Å²) in [6.45, 7) is 0. The van der Waals surface area contributed by atoms with E-state index in [0.29, 0.717) is 0 Å². The zero-order valence-corrected chi connectivity index (χ0v) is 9.55. The molecule has 0 saturated carbocycles. The lowest BCUT2D eigenvalue weighted by molar-refractivity contribution is -0.446. The molecule has 0 N–H and O–H groups in total. The van der Waals surface area contributed by atoms with Crippen molar-refractivity contribution >= 4 is 11.9 Å². The van der Waals surface area contributed by atoms with E-state index in [-0.39, 0.29) is 11.1 Å². The van der Waals surface area contributed by atoms with Gasteiger partial charge < -0.3 is 0 Å². The topological polar surface area (TPSA) is 87.6 Å². The van der Waals surface area contributed by atoms with Crippen molar-refractivity contribution in [2.75, 3.05) is 0 Å². The normalized spacial score (nSPS) is 9.68. The minimum absolute atomic E-state index is 0.218. The monoisotopic (exact) mass is 260 g/mol. The Kier molecular flexibility index (Phi) is 4.14. The first-order valence-corrected chi connectivity index (χ1v) is 5.17. The van der Waals surface area contributed by atoms with Crippen LogP contribution in [0.2, 0.25) is 0 Å². The highest BCUT2D eigenvalue weighted by Gasteiger charge is 2.12. The fourth-order valence-corrected chi connectivity index (χ4v) is 1.15. The molecule has 0 bridgehead atoms. The van der Waals surface area contributed by atoms with Crippen molar-refractivity contribution in [1.29, 1.82) is 0 Å². The molecule has 0 fully saturated rings. The average Bonchev–Trinajstić information content (AvgIpc) is 2.49. The number of pyridine rings is 2. The molecule has 19 heavy (non-hydrogen) atoms. The smallest absolute Gasteiger partial charge is 0.265 e. The fraction of sp³-hybridized carbons (Fsp3) is 0. The maximum Gasteiger partial charge on any atom is 0.377 e. The standard InChI is InChI=1S/C12H8N2O5/c15-11(9-1-5-13-6-2-9)17-19-18-12(16)10-3-7-14-8-4-10/h1-8H. The van der Waals surface area contributed by atoms with Gasteiger partial charge in [0, 0.05) is 29.8 Å². The predicted octanol–water partition coefficient (Wildman–Crippen LogP) is 1.34. The summed E-state index contributed by atoms with van der Waals surface area (Å²) >= 11 is 0. The molecule has 0 atom stereocenters. The Bertz CT molecular complexity index is 507. The predicted molar refractivity (Wildman–Crippen MR) is 60.4 cm³/mol. The molecule has 0 aliphatic carbocycles. The van der Waals surface area contributed by atoms with E-state index < -0.39 is 11.9 Å². The van der Waals surface area contributed by atoms with Crippen LogP contribution in [0.15, 0.2) is 49.1 Å². The zero-order chi connectivity index (χ0) is 13.5. The summed E-state index contributed by atoms with van der Waals surface area (Å²) in [4.78, 5) is 38.8. The molecule has 0 aromatic carbocycles. The summed E-state index contributed by atoms with van der Waals surface area (Å²) in [7, 11) is 0. The SMILES string of the molecule is O=C(OOOC(=O)c1ccncc1)c1ccncc1. The third kappa shape index (κ3) is 3.58. The van der Waals surface area contributed by atoms with Gasteiger partial charge >= 0.3 is 11.9 Å². The van der Waals surface area contributed by atoms with Crippen LogP contribution in [-0.2, 0) is 14.8 Å². The van der Waals surface area contributed by atoms with Crippen LogP contribution >= 0.6 is 0 Å². The van der Waals surface area contributed by atoms with Gasteiger partial charge in [0.1, 0.15) is 0 Å². The number of rotatable bonds is 4. The third-order valence-corrected chi connectivity index (χ3v) is 2.05. The number of hydrogen-bond donors (Lipinski definition) is 0. The molecule has 0 spiro atoms. The van der Waals surface area contributed by atoms with E-state index in [0.717, 1.165) is 0 Å². The quantitative estimate of drug-likeness (QED) is 0.605. The van der Waals surface area contributed by atoms with E-state index in [1.807, 2.05) is 0 Å². The maximum absolute atomic E-state index is 11.4. The van der Waals surface area contributed by atoms with Crippen LogP contribution in [0.3, 0.4) is 0 Å². The van der Waals surface area contributed by atoms with E-state index in [1.165, 1.54) is 49.1 Å². The largest absolute Gasteiger partial charge is 0.377 e. The van der Waals surface area contributed by atoms with Gasteiger partial charge in [-0.05, 0) is 24.3 Å². The van der Waals surface area contributed by atoms with E-state index in [4.69, 9.17) is 0 Å². The second-order valence-corrected chi connectivity index (χ2v) is 3.28. The Balaban J connectivity index is 1.81. The minimum atomic E-state index is -0.801. The molecule has 2 aromatic rings. The van der Waals surface area contributed by atoms with Crippen molar-refractivity contribution in [3.8, 4) is 0 Å². The van der Waals surface area contributed by atoms with E-state index in [9.17, 15) is 9.59 Å². The van der Waals surface area contributed by atoms with Crippen LogP contribution in [0.1, 0.15) is 20.7 Å². The van der Waals surface area contributed by atoms with Crippen LogP contribution in [0.5, 0.6) is 0 Å². The molecule has 2 heterocycles. The first kappa shape index (κ1) is 12.7. The van der Waals surface area contributed by atoms with Crippen LogP contribution in [0.4, 0.5) is 0 Å². The van der Waals surface area contributed by atoms with Crippen molar-refractivity contribution in [3.63, 3.8) is 0 Å². The molecule has 2 aromatic heterocycles. The Labute approximate surface area is 107 Å². The van der Waals surface area contributed by atoms with Gasteiger partial charge in [-0.3, -0.25) is 19.7 Å². The molecule has 0 aliphatic rings. The number of aromatic nitrogens is 2. The van der Waals surface area contributed by atoms with Gasteiger partial charge in [-0.25, -0.2) is 9.59 Å². The molecule has 7 nitrogen and oxygen atoms in total. The van der Waals surface area contributed by atoms with Crippen LogP contribution < -0.4 is 0 Å². The molecule has 0 amide bonds. The summed E-state index contributed by atoms with van der Waals surface area (Å²) in [6, 6.07) is 5.71. The molecule has 0 saturated heterocycles. The summed E-state index contributed by atoms with van der Waals surface area (Å²) in [5.74, 6) is -1.60. The van der Waals surface area contributed by atoms with Gasteiger partial charge in [0.25, 0.3) is 0 Å². The van der Waals surface area contributed by atoms with Crippen molar-refractivity contribution < 1.29 is 24.4 Å². The second-order valence-electron chi connectivity index (χ2n) is 3.28. The number of carbonyl (C=O) groups excluding carboxylic acids is 2. The number of carbonyl (C=O) groups is 2. The Morgan fingerprint density at radius 2 is 1.11 bits per heavy atom. The summed E-state index contributed by atoms with van der Waals surface area (Å²) in [5, 5.41) is 4.13. The Morgan fingerprint density at radius 1 is 0.737 bits per heavy atom. The first-order chi connectivity index (χ1) is 9.27. The van der Waals surface area contributed by atoms with E-state index >= 15 is 0 Å². The van der Waals surface area contributed by atoms with Crippen LogP contribution in [0, 0.1) is 0 Å².